The summed E-state index contributed by atoms with van der Waals surface area (Å²) in [6, 6.07) is 13.5. The molecule has 326 valence electrons. The smallest absolute Gasteiger partial charge is 0.266 e. The number of para-hydroxylation sites is 1. The lowest BCUT2D eigenvalue weighted by Gasteiger charge is -2.51. The number of benzene rings is 2. The second-order valence-corrected chi connectivity index (χ2v) is 18.1. The molecule has 0 bridgehead atoms. The number of amides is 3. The van der Waals surface area contributed by atoms with E-state index in [9.17, 15) is 28.3 Å². The second-order valence-electron chi connectivity index (χ2n) is 18.1. The summed E-state index contributed by atoms with van der Waals surface area (Å²) in [5, 5.41) is 36.2. The number of carbonyl (C=O) groups is 3. The van der Waals surface area contributed by atoms with E-state index < -0.39 is 22.9 Å². The van der Waals surface area contributed by atoms with Crippen molar-refractivity contribution in [3.8, 4) is 6.07 Å². The molecule has 1 spiro atoms. The molecule has 3 N–H and O–H groups in total. The molecular weight excluding hydrogens is 795 g/mol. The largest absolute Gasteiger partial charge is 0.386 e. The summed E-state index contributed by atoms with van der Waals surface area (Å²) < 4.78 is 33.8. The van der Waals surface area contributed by atoms with E-state index in [-0.39, 0.29) is 29.8 Å². The topological polar surface area (TPSA) is 174 Å². The first-order chi connectivity index (χ1) is 29.6. The number of likely N-dealkylation sites (tertiary alicyclic amines) is 1. The normalized spacial score (nSPS) is 20.7. The maximum absolute atomic E-state index is 15.0. The Hall–Kier alpha value is -5.79. The molecule has 0 radical (unpaired) electrons. The van der Waals surface area contributed by atoms with Crippen LogP contribution in [0.5, 0.6) is 0 Å². The van der Waals surface area contributed by atoms with E-state index in [1.54, 1.807) is 30.5 Å². The van der Waals surface area contributed by atoms with E-state index in [0.717, 1.165) is 40.3 Å². The minimum Gasteiger partial charge on any atom is -0.386 e. The van der Waals surface area contributed by atoms with Gasteiger partial charge in [-0.3, -0.25) is 34.0 Å². The predicted octanol–water partition coefficient (Wildman–Crippen LogP) is 6.94. The number of piperidine rings is 3. The van der Waals surface area contributed by atoms with Crippen molar-refractivity contribution in [2.75, 3.05) is 43.4 Å². The molecule has 1 unspecified atom stereocenters. The summed E-state index contributed by atoms with van der Waals surface area (Å²) in [5.74, 6) is -4.08. The molecule has 5 aromatic rings. The molecule has 4 aliphatic rings. The van der Waals surface area contributed by atoms with Crippen molar-refractivity contribution in [3.63, 3.8) is 0 Å². The number of aliphatic hydroxyl groups is 1. The third-order valence-corrected chi connectivity index (χ3v) is 13.4. The number of nitrogens with one attached hydrogen (secondary N) is 2. The Morgan fingerprint density at radius 2 is 1.74 bits per heavy atom. The maximum atomic E-state index is 15.0. The molecule has 3 saturated heterocycles. The van der Waals surface area contributed by atoms with Gasteiger partial charge in [0.25, 0.3) is 11.8 Å². The average molecular weight is 849 g/mol. The number of alkyl halides is 2. The first-order valence-electron chi connectivity index (χ1n) is 21.6. The number of pyridine rings is 1. The van der Waals surface area contributed by atoms with Gasteiger partial charge in [-0.1, -0.05) is 31.4 Å². The zero-order chi connectivity index (χ0) is 44.0. The number of anilines is 2. The first kappa shape index (κ1) is 42.9. The lowest BCUT2D eigenvalue weighted by molar-refractivity contribution is -0.174. The van der Waals surface area contributed by atoms with Gasteiger partial charge in [0, 0.05) is 72.6 Å². The minimum atomic E-state index is -2.68. The van der Waals surface area contributed by atoms with Gasteiger partial charge in [-0.05, 0) is 90.2 Å². The van der Waals surface area contributed by atoms with Gasteiger partial charge < -0.3 is 20.2 Å². The fraction of sp³-hybridized carbons (Fsp3) is 0.500. The van der Waals surface area contributed by atoms with E-state index in [0.29, 0.717) is 80.3 Å². The van der Waals surface area contributed by atoms with Crippen LogP contribution < -0.4 is 15.5 Å². The van der Waals surface area contributed by atoms with Gasteiger partial charge in [-0.2, -0.15) is 15.5 Å². The van der Waals surface area contributed by atoms with Crippen LogP contribution in [-0.2, 0) is 22.2 Å². The number of rotatable bonds is 6. The van der Waals surface area contributed by atoms with Gasteiger partial charge in [0.15, 0.2) is 0 Å². The van der Waals surface area contributed by atoms with Gasteiger partial charge in [-0.15, -0.1) is 0 Å². The van der Waals surface area contributed by atoms with Crippen molar-refractivity contribution in [3.05, 3.63) is 77.4 Å². The number of carbonyl (C=O) groups excluding carboxylic acids is 3. The summed E-state index contributed by atoms with van der Waals surface area (Å²) >= 11 is 0. The summed E-state index contributed by atoms with van der Waals surface area (Å²) in [5.41, 5.74) is 2.94. The molecule has 62 heavy (non-hydrogen) atoms. The second kappa shape index (κ2) is 16.8. The molecule has 1 atom stereocenters. The lowest BCUT2D eigenvalue weighted by Crippen LogP contribution is -2.58. The number of hydrogen-bond acceptors (Lipinski definition) is 10. The first-order valence-corrected chi connectivity index (χ1v) is 21.6. The van der Waals surface area contributed by atoms with Crippen LogP contribution in [-0.4, -0.2) is 91.4 Å². The van der Waals surface area contributed by atoms with Crippen molar-refractivity contribution in [1.82, 2.24) is 34.8 Å². The summed E-state index contributed by atoms with van der Waals surface area (Å²) in [7, 11) is 3.61. The third kappa shape index (κ3) is 8.40. The Bertz CT molecular complexity index is 2560. The molecular formula is C46H54F2N10O4. The maximum Gasteiger partial charge on any atom is 0.266 e. The Balaban J connectivity index is 0.000000171. The van der Waals surface area contributed by atoms with Crippen molar-refractivity contribution in [2.24, 2.45) is 12.5 Å². The molecule has 6 heterocycles. The fourth-order valence-electron chi connectivity index (χ4n) is 9.83. The zero-order valence-corrected chi connectivity index (χ0v) is 35.8. The number of hydrogen-bond donors (Lipinski definition) is 3. The highest BCUT2D eigenvalue weighted by Crippen LogP contribution is 2.51. The van der Waals surface area contributed by atoms with E-state index in [2.05, 4.69) is 25.6 Å². The lowest BCUT2D eigenvalue weighted by atomic mass is 9.68. The number of aromatic nitrogens is 5. The minimum absolute atomic E-state index is 0.167. The molecule has 9 rings (SSSR count). The highest BCUT2D eigenvalue weighted by molar-refractivity contribution is 6.06. The molecule has 3 amide bonds. The highest BCUT2D eigenvalue weighted by atomic mass is 19.3. The van der Waals surface area contributed by atoms with Gasteiger partial charge in [-0.25, -0.2) is 8.78 Å². The molecule has 1 aliphatic carbocycles. The molecule has 3 aliphatic heterocycles. The van der Waals surface area contributed by atoms with Crippen LogP contribution in [0.4, 0.5) is 20.2 Å². The van der Waals surface area contributed by atoms with Crippen molar-refractivity contribution in [1.29, 1.82) is 5.26 Å². The highest BCUT2D eigenvalue weighted by Gasteiger charge is 2.56. The Morgan fingerprint density at radius 3 is 2.44 bits per heavy atom. The van der Waals surface area contributed by atoms with Gasteiger partial charge in [0.2, 0.25) is 11.8 Å². The molecule has 4 fully saturated rings. The number of imide groups is 1. The van der Waals surface area contributed by atoms with E-state index in [1.165, 1.54) is 37.7 Å². The predicted molar refractivity (Wildman–Crippen MR) is 231 cm³/mol. The number of halogens is 2. The van der Waals surface area contributed by atoms with E-state index in [4.69, 9.17) is 10.4 Å². The fourth-order valence-corrected chi connectivity index (χ4v) is 9.83. The number of fused-ring (bicyclic) bond motifs is 2. The van der Waals surface area contributed by atoms with Crippen LogP contribution in [0.15, 0.2) is 55.0 Å². The SMILES string of the molecule is CC(C)(O)c1cc2nn(C3CCCCC3)cc2cc1NC(=O)c1cncc(C#N)c1.CN1CCC2(CCN(c3cccc4c(C5CCC(=O)NC5=O)nn(C)c34)CC2)C(F)(F)C1. The average Bonchev–Trinajstić information content (AvgIpc) is 3.83. The van der Waals surface area contributed by atoms with Crippen molar-refractivity contribution >= 4 is 50.9 Å². The number of nitriles is 1. The molecule has 16 heteroatoms. The van der Waals surface area contributed by atoms with E-state index >= 15 is 0 Å². The van der Waals surface area contributed by atoms with Crippen molar-refractivity contribution < 1.29 is 28.3 Å². The van der Waals surface area contributed by atoms with Crippen LogP contribution in [0.2, 0.25) is 0 Å². The van der Waals surface area contributed by atoms with Crippen LogP contribution in [0.25, 0.3) is 21.8 Å². The third-order valence-electron chi connectivity index (χ3n) is 13.4. The molecule has 3 aromatic heterocycles. The van der Waals surface area contributed by atoms with Crippen LogP contribution >= 0.6 is 0 Å². The van der Waals surface area contributed by atoms with Crippen LogP contribution in [0.3, 0.4) is 0 Å². The quantitative estimate of drug-likeness (QED) is 0.152. The molecule has 2 aromatic carbocycles. The van der Waals surface area contributed by atoms with Gasteiger partial charge >= 0.3 is 0 Å². The number of nitrogens with zero attached hydrogens (tertiary/aromatic N) is 8. The molecule has 14 nitrogen and oxygen atoms in total. The van der Waals surface area contributed by atoms with Crippen molar-refractivity contribution in [2.45, 2.75) is 102 Å². The summed E-state index contributed by atoms with van der Waals surface area (Å²) in [4.78, 5) is 44.6. The Morgan fingerprint density at radius 1 is 1.00 bits per heavy atom. The summed E-state index contributed by atoms with van der Waals surface area (Å²) in [6.07, 6.45) is 13.0. The van der Waals surface area contributed by atoms with Crippen LogP contribution in [0.1, 0.15) is 117 Å². The monoisotopic (exact) mass is 848 g/mol. The van der Waals surface area contributed by atoms with E-state index in [1.807, 2.05) is 54.3 Å². The van der Waals surface area contributed by atoms with Gasteiger partial charge in [0.05, 0.1) is 57.6 Å². The molecule has 1 saturated carbocycles. The Labute approximate surface area is 359 Å². The standard InChI is InChI=1S/C23H29F2N5O2.C23H25N5O2/c1-28-11-8-22(23(24,25)14-28)9-12-30(13-10-22)17-5-3-4-15-19(27-29(2)20(15)17)16-6-7-18(31)26-21(16)32;1-23(2,30)19-10-20-17(14-28(27-20)18-6-4-3-5-7-18)9-21(19)26-22(29)16-8-15(11-24)12-25-13-16/h3-5,16H,6-14H2,1-2H3,(H,26,31,32);8-10,12-14,18,30H,3-7H2,1-2H3,(H,26,29). The number of aryl methyl sites for hydroxylation is 1. The summed E-state index contributed by atoms with van der Waals surface area (Å²) in [6.45, 7) is 5.04. The zero-order valence-electron chi connectivity index (χ0n) is 35.8. The van der Waals surface area contributed by atoms with Crippen LogP contribution in [0, 0.1) is 16.7 Å². The van der Waals surface area contributed by atoms with Gasteiger partial charge in [0.1, 0.15) is 6.07 Å². The Kier molecular flexibility index (Phi) is 11.6.